The van der Waals surface area contributed by atoms with Crippen molar-refractivity contribution in [2.75, 3.05) is 19.8 Å². The van der Waals surface area contributed by atoms with Gasteiger partial charge in [-0.15, -0.1) is 0 Å². The number of rotatable bonds is 11. The lowest BCUT2D eigenvalue weighted by Gasteiger charge is -2.17. The molecular formula is C13H26O3. The van der Waals surface area contributed by atoms with Gasteiger partial charge in [-0.05, 0) is 25.7 Å². The first-order chi connectivity index (χ1) is 7.85. The van der Waals surface area contributed by atoms with E-state index >= 15 is 0 Å². The molecule has 1 N–H and O–H groups in total. The predicted molar refractivity (Wildman–Crippen MR) is 66.4 cm³/mol. The van der Waals surface area contributed by atoms with Crippen LogP contribution < -0.4 is 0 Å². The summed E-state index contributed by atoms with van der Waals surface area (Å²) in [7, 11) is 0. The van der Waals surface area contributed by atoms with Crippen LogP contribution in [0.25, 0.3) is 0 Å². The van der Waals surface area contributed by atoms with Crippen molar-refractivity contribution in [3.63, 3.8) is 0 Å². The first-order valence-corrected chi connectivity index (χ1v) is 6.34. The lowest BCUT2D eigenvalue weighted by Crippen LogP contribution is -2.18. The minimum absolute atomic E-state index is 0.0707. The zero-order valence-electron chi connectivity index (χ0n) is 10.7. The van der Waals surface area contributed by atoms with Gasteiger partial charge in [0.1, 0.15) is 0 Å². The molecule has 0 atom stereocenters. The molecule has 0 unspecified atom stereocenters. The molecular weight excluding hydrogens is 204 g/mol. The molecule has 0 aliphatic carbocycles. The Morgan fingerprint density at radius 1 is 1.00 bits per heavy atom. The normalized spacial score (nSPS) is 11.8. The average molecular weight is 230 g/mol. The maximum absolute atomic E-state index is 8.61. The second kappa shape index (κ2) is 12.7. The van der Waals surface area contributed by atoms with Crippen molar-refractivity contribution in [3.8, 4) is 0 Å². The lowest BCUT2D eigenvalue weighted by molar-refractivity contribution is -0.145. The average Bonchev–Trinajstić information content (AvgIpc) is 2.31. The third-order valence-electron chi connectivity index (χ3n) is 2.05. The maximum Gasteiger partial charge on any atom is 0.157 e. The molecule has 0 amide bonds. The monoisotopic (exact) mass is 230 g/mol. The minimum Gasteiger partial charge on any atom is -0.396 e. The van der Waals surface area contributed by atoms with E-state index in [-0.39, 0.29) is 12.9 Å². The maximum atomic E-state index is 8.61. The highest BCUT2D eigenvalue weighted by molar-refractivity contribution is 4.81. The summed E-state index contributed by atoms with van der Waals surface area (Å²) in [6, 6.07) is 0. The van der Waals surface area contributed by atoms with Crippen molar-refractivity contribution in [1.29, 1.82) is 0 Å². The molecule has 0 aromatic carbocycles. The van der Waals surface area contributed by atoms with E-state index in [9.17, 15) is 0 Å². The zero-order chi connectivity index (χ0) is 12.1. The molecule has 96 valence electrons. The van der Waals surface area contributed by atoms with Crippen LogP contribution in [0.2, 0.25) is 0 Å². The number of hydrogen-bond acceptors (Lipinski definition) is 3. The summed E-state index contributed by atoms with van der Waals surface area (Å²) in [5, 5.41) is 8.61. The van der Waals surface area contributed by atoms with Gasteiger partial charge in [-0.25, -0.2) is 0 Å². The standard InChI is InChI=1S/C13H26O3/c1-3-11-15-13(16-12-4-2)9-7-5-6-8-10-14/h5-6,13-14H,3-4,7-12H2,1-2H3/b6-5+. The SMILES string of the molecule is CCCOC(CC/C=C/CCO)OCCC. The molecule has 0 aliphatic heterocycles. The number of aliphatic hydroxyl groups is 1. The van der Waals surface area contributed by atoms with Crippen molar-refractivity contribution < 1.29 is 14.6 Å². The van der Waals surface area contributed by atoms with Crippen LogP contribution in [0.3, 0.4) is 0 Å². The van der Waals surface area contributed by atoms with Crippen LogP contribution >= 0.6 is 0 Å². The Bertz CT molecular complexity index is 149. The van der Waals surface area contributed by atoms with Crippen LogP contribution in [-0.2, 0) is 9.47 Å². The van der Waals surface area contributed by atoms with E-state index in [2.05, 4.69) is 19.9 Å². The third-order valence-corrected chi connectivity index (χ3v) is 2.05. The Kier molecular flexibility index (Phi) is 12.4. The van der Waals surface area contributed by atoms with E-state index in [1.54, 1.807) is 0 Å². The zero-order valence-corrected chi connectivity index (χ0v) is 10.7. The van der Waals surface area contributed by atoms with E-state index in [1.165, 1.54) is 0 Å². The Balaban J connectivity index is 3.63. The number of allylic oxidation sites excluding steroid dienone is 1. The molecule has 0 fully saturated rings. The molecule has 0 radical (unpaired) electrons. The molecule has 0 bridgehead atoms. The number of hydrogen-bond donors (Lipinski definition) is 1. The Morgan fingerprint density at radius 3 is 2.06 bits per heavy atom. The number of ether oxygens (including phenoxy) is 2. The summed E-state index contributed by atoms with van der Waals surface area (Å²) in [4.78, 5) is 0. The fourth-order valence-electron chi connectivity index (χ4n) is 1.26. The molecule has 0 saturated heterocycles. The molecule has 0 aromatic rings. The highest BCUT2D eigenvalue weighted by atomic mass is 16.7. The summed E-state index contributed by atoms with van der Waals surface area (Å²) in [6.07, 6.45) is 8.61. The van der Waals surface area contributed by atoms with Crippen LogP contribution in [0, 0.1) is 0 Å². The lowest BCUT2D eigenvalue weighted by atomic mass is 10.2. The van der Waals surface area contributed by atoms with E-state index < -0.39 is 0 Å². The van der Waals surface area contributed by atoms with E-state index in [0.29, 0.717) is 0 Å². The van der Waals surface area contributed by atoms with Crippen molar-refractivity contribution >= 4 is 0 Å². The van der Waals surface area contributed by atoms with E-state index in [4.69, 9.17) is 14.6 Å². The molecule has 0 aliphatic rings. The van der Waals surface area contributed by atoms with Crippen LogP contribution in [0.1, 0.15) is 46.0 Å². The van der Waals surface area contributed by atoms with E-state index in [1.807, 2.05) is 6.08 Å². The molecule has 0 spiro atoms. The van der Waals surface area contributed by atoms with Crippen LogP contribution in [0.5, 0.6) is 0 Å². The van der Waals surface area contributed by atoms with Gasteiger partial charge < -0.3 is 14.6 Å². The molecule has 0 aromatic heterocycles. The number of aliphatic hydroxyl groups excluding tert-OH is 1. The van der Waals surface area contributed by atoms with E-state index in [0.717, 1.165) is 45.3 Å². The van der Waals surface area contributed by atoms with Gasteiger partial charge in [0.05, 0.1) is 0 Å². The summed E-state index contributed by atoms with van der Waals surface area (Å²) < 4.78 is 11.2. The van der Waals surface area contributed by atoms with Crippen molar-refractivity contribution in [2.45, 2.75) is 52.2 Å². The molecule has 0 saturated carbocycles. The van der Waals surface area contributed by atoms with Crippen molar-refractivity contribution in [1.82, 2.24) is 0 Å². The van der Waals surface area contributed by atoms with Crippen molar-refractivity contribution in [3.05, 3.63) is 12.2 Å². The Morgan fingerprint density at radius 2 is 1.56 bits per heavy atom. The quantitative estimate of drug-likeness (QED) is 0.438. The molecule has 16 heavy (non-hydrogen) atoms. The van der Waals surface area contributed by atoms with Gasteiger partial charge in [0.2, 0.25) is 0 Å². The highest BCUT2D eigenvalue weighted by Crippen LogP contribution is 2.07. The topological polar surface area (TPSA) is 38.7 Å². The van der Waals surface area contributed by atoms with Crippen molar-refractivity contribution in [2.24, 2.45) is 0 Å². The fourth-order valence-corrected chi connectivity index (χ4v) is 1.26. The van der Waals surface area contributed by atoms with Gasteiger partial charge in [-0.3, -0.25) is 0 Å². The third kappa shape index (κ3) is 10.1. The minimum atomic E-state index is -0.0707. The smallest absolute Gasteiger partial charge is 0.157 e. The molecule has 0 heterocycles. The molecule has 0 rings (SSSR count). The van der Waals surface area contributed by atoms with Crippen LogP contribution in [-0.4, -0.2) is 31.2 Å². The van der Waals surface area contributed by atoms with Gasteiger partial charge in [-0.1, -0.05) is 26.0 Å². The Hall–Kier alpha value is -0.380. The Labute approximate surface area is 99.5 Å². The van der Waals surface area contributed by atoms with Crippen LogP contribution in [0.15, 0.2) is 12.2 Å². The van der Waals surface area contributed by atoms with Gasteiger partial charge >= 0.3 is 0 Å². The van der Waals surface area contributed by atoms with Gasteiger partial charge in [0.25, 0.3) is 0 Å². The summed E-state index contributed by atoms with van der Waals surface area (Å²) >= 11 is 0. The van der Waals surface area contributed by atoms with Crippen LogP contribution in [0.4, 0.5) is 0 Å². The summed E-state index contributed by atoms with van der Waals surface area (Å²) in [6.45, 7) is 5.93. The first-order valence-electron chi connectivity index (χ1n) is 6.34. The fraction of sp³-hybridized carbons (Fsp3) is 0.846. The first kappa shape index (κ1) is 15.6. The summed E-state index contributed by atoms with van der Waals surface area (Å²) in [5.41, 5.74) is 0. The largest absolute Gasteiger partial charge is 0.396 e. The van der Waals surface area contributed by atoms with Gasteiger partial charge in [-0.2, -0.15) is 0 Å². The molecule has 3 heteroatoms. The van der Waals surface area contributed by atoms with Gasteiger partial charge in [0.15, 0.2) is 6.29 Å². The highest BCUT2D eigenvalue weighted by Gasteiger charge is 2.06. The predicted octanol–water partition coefficient (Wildman–Crippen LogP) is 2.88. The van der Waals surface area contributed by atoms with Gasteiger partial charge in [0, 0.05) is 26.2 Å². The summed E-state index contributed by atoms with van der Waals surface area (Å²) in [5.74, 6) is 0. The second-order valence-corrected chi connectivity index (χ2v) is 3.73. The molecule has 3 nitrogen and oxygen atoms in total. The second-order valence-electron chi connectivity index (χ2n) is 3.73.